The fourth-order valence-corrected chi connectivity index (χ4v) is 6.06. The van der Waals surface area contributed by atoms with Gasteiger partial charge < -0.3 is 14.7 Å². The zero-order chi connectivity index (χ0) is 18.9. The van der Waals surface area contributed by atoms with Crippen LogP contribution in [0.2, 0.25) is 0 Å². The molecule has 3 rings (SSSR count). The standard InChI is InChI=1S/C21H34NO3S/c1-14-11-19-18(15(2)13-22-7-9-26-10-8-22)6-5-16(3)21(19,24)12-20(14)25-17(4)23/h11-12,15-16,18-20,24H,5-10,13H2,1-4H3/t15?,16-,18+,19-,20-,21-/m1/s1. The molecule has 4 nitrogen and oxygen atoms in total. The van der Waals surface area contributed by atoms with Crippen molar-refractivity contribution >= 4 is 17.7 Å². The van der Waals surface area contributed by atoms with Gasteiger partial charge in [-0.2, -0.15) is 11.8 Å². The Morgan fingerprint density at radius 2 is 2.12 bits per heavy atom. The first-order chi connectivity index (χ1) is 12.3. The fourth-order valence-electron chi connectivity index (χ4n) is 5.08. The van der Waals surface area contributed by atoms with Gasteiger partial charge in [0.2, 0.25) is 0 Å². The lowest BCUT2D eigenvalue weighted by molar-refractivity contribution is -0.148. The summed E-state index contributed by atoms with van der Waals surface area (Å²) >= 11 is 2.05. The summed E-state index contributed by atoms with van der Waals surface area (Å²) in [5.41, 5.74) is 0.171. The van der Waals surface area contributed by atoms with Crippen LogP contribution in [0.4, 0.5) is 0 Å². The average molecular weight is 381 g/mol. The van der Waals surface area contributed by atoms with E-state index >= 15 is 0 Å². The molecule has 0 bridgehead atoms. The van der Waals surface area contributed by atoms with Crippen LogP contribution in [0.25, 0.3) is 0 Å². The number of esters is 1. The third-order valence-corrected chi connectivity index (χ3v) is 7.64. The second-order valence-electron chi connectivity index (χ2n) is 8.55. The number of carbonyl (C=O) groups is 1. The van der Waals surface area contributed by atoms with Crippen molar-refractivity contribution < 1.29 is 14.6 Å². The number of fused-ring (bicyclic) bond motifs is 1. The van der Waals surface area contributed by atoms with E-state index in [1.807, 2.05) is 25.1 Å². The van der Waals surface area contributed by atoms with E-state index in [1.54, 1.807) is 0 Å². The van der Waals surface area contributed by atoms with Gasteiger partial charge >= 0.3 is 5.97 Å². The van der Waals surface area contributed by atoms with Crippen LogP contribution in [-0.2, 0) is 9.53 Å². The van der Waals surface area contributed by atoms with Gasteiger partial charge in [0, 0.05) is 50.4 Å². The monoisotopic (exact) mass is 380 g/mol. The number of carbonyl (C=O) groups excluding carboxylic acids is 1. The molecule has 1 heterocycles. The van der Waals surface area contributed by atoms with Crippen molar-refractivity contribution in [2.75, 3.05) is 31.1 Å². The molecule has 0 aromatic rings. The number of rotatable bonds is 4. The SMILES string of the molecule is CC(=O)O[C@@H]1[CH][C@@]2(O)[C@H](C)CC[C@@H](C(C)CN3CCSCC3)[C@H]2C=C1C. The second-order valence-corrected chi connectivity index (χ2v) is 9.78. The van der Waals surface area contributed by atoms with E-state index in [2.05, 4.69) is 24.8 Å². The summed E-state index contributed by atoms with van der Waals surface area (Å²) in [5.74, 6) is 3.49. The predicted octanol–water partition coefficient (Wildman–Crippen LogP) is 3.16. The average Bonchev–Trinajstić information content (AvgIpc) is 2.58. The van der Waals surface area contributed by atoms with E-state index in [9.17, 15) is 9.90 Å². The molecular formula is C21H34NO3S. The minimum Gasteiger partial charge on any atom is -0.458 e. The van der Waals surface area contributed by atoms with Crippen molar-refractivity contribution in [1.82, 2.24) is 4.90 Å². The van der Waals surface area contributed by atoms with Crippen LogP contribution >= 0.6 is 11.8 Å². The third kappa shape index (κ3) is 4.15. The summed E-state index contributed by atoms with van der Waals surface area (Å²) in [6.07, 6.45) is 5.90. The van der Waals surface area contributed by atoms with Crippen LogP contribution in [-0.4, -0.2) is 58.8 Å². The van der Waals surface area contributed by atoms with Crippen LogP contribution in [0.15, 0.2) is 11.6 Å². The molecule has 1 N–H and O–H groups in total. The number of thioether (sulfide) groups is 1. The molecule has 2 fully saturated rings. The summed E-state index contributed by atoms with van der Waals surface area (Å²) in [6.45, 7) is 11.4. The molecule has 0 aromatic heterocycles. The molecule has 0 amide bonds. The van der Waals surface area contributed by atoms with Gasteiger partial charge in [-0.05, 0) is 43.1 Å². The zero-order valence-corrected chi connectivity index (χ0v) is 17.4. The summed E-state index contributed by atoms with van der Waals surface area (Å²) in [7, 11) is 0. The van der Waals surface area contributed by atoms with Crippen molar-refractivity contribution in [3.05, 3.63) is 18.1 Å². The second kappa shape index (κ2) is 8.24. The Labute approximate surface area is 162 Å². The van der Waals surface area contributed by atoms with E-state index in [4.69, 9.17) is 4.74 Å². The largest absolute Gasteiger partial charge is 0.458 e. The van der Waals surface area contributed by atoms with Crippen LogP contribution in [0.3, 0.4) is 0 Å². The summed E-state index contributed by atoms with van der Waals surface area (Å²) in [5, 5.41) is 11.6. The van der Waals surface area contributed by atoms with Gasteiger partial charge in [-0.1, -0.05) is 19.9 Å². The number of hydrogen-bond donors (Lipinski definition) is 1. The molecule has 1 aliphatic heterocycles. The zero-order valence-electron chi connectivity index (χ0n) is 16.6. The lowest BCUT2D eigenvalue weighted by Gasteiger charge is -2.53. The predicted molar refractivity (Wildman–Crippen MR) is 107 cm³/mol. The maximum Gasteiger partial charge on any atom is 0.303 e. The maximum absolute atomic E-state index is 11.6. The lowest BCUT2D eigenvalue weighted by Crippen LogP contribution is -2.56. The van der Waals surface area contributed by atoms with Gasteiger partial charge in [-0.3, -0.25) is 4.79 Å². The molecule has 1 saturated carbocycles. The Balaban J connectivity index is 1.77. The minimum atomic E-state index is -0.880. The molecule has 6 atom stereocenters. The molecule has 0 spiro atoms. The quantitative estimate of drug-likeness (QED) is 0.600. The number of ether oxygens (including phenoxy) is 1. The highest BCUT2D eigenvalue weighted by Crippen LogP contribution is 2.50. The normalized spacial score (nSPS) is 39.7. The first kappa shape index (κ1) is 20.2. The van der Waals surface area contributed by atoms with Crippen LogP contribution < -0.4 is 0 Å². The van der Waals surface area contributed by atoms with Crippen molar-refractivity contribution in [2.24, 2.45) is 23.7 Å². The summed E-state index contributed by atoms with van der Waals surface area (Å²) in [4.78, 5) is 14.0. The molecule has 1 saturated heterocycles. The fraction of sp³-hybridized carbons (Fsp3) is 0.810. The van der Waals surface area contributed by atoms with Crippen molar-refractivity contribution in [3.63, 3.8) is 0 Å². The molecule has 1 radical (unpaired) electrons. The topological polar surface area (TPSA) is 49.8 Å². The van der Waals surface area contributed by atoms with Crippen LogP contribution in [0.1, 0.15) is 40.5 Å². The Hall–Kier alpha value is -0.520. The van der Waals surface area contributed by atoms with E-state index in [1.165, 1.54) is 31.5 Å². The van der Waals surface area contributed by atoms with E-state index in [-0.39, 0.29) is 17.8 Å². The van der Waals surface area contributed by atoms with Crippen molar-refractivity contribution in [2.45, 2.75) is 52.2 Å². The van der Waals surface area contributed by atoms with Crippen molar-refractivity contribution in [1.29, 1.82) is 0 Å². The van der Waals surface area contributed by atoms with Crippen molar-refractivity contribution in [3.8, 4) is 0 Å². The molecule has 26 heavy (non-hydrogen) atoms. The smallest absolute Gasteiger partial charge is 0.303 e. The Morgan fingerprint density at radius 3 is 2.77 bits per heavy atom. The van der Waals surface area contributed by atoms with Gasteiger partial charge in [0.25, 0.3) is 0 Å². The van der Waals surface area contributed by atoms with Crippen LogP contribution in [0.5, 0.6) is 0 Å². The van der Waals surface area contributed by atoms with E-state index in [0.29, 0.717) is 11.8 Å². The number of nitrogens with zero attached hydrogens (tertiary/aromatic N) is 1. The van der Waals surface area contributed by atoms with Gasteiger partial charge in [0.1, 0.15) is 6.10 Å². The Morgan fingerprint density at radius 1 is 1.42 bits per heavy atom. The third-order valence-electron chi connectivity index (χ3n) is 6.70. The minimum absolute atomic E-state index is 0.118. The number of aliphatic hydroxyl groups is 1. The molecular weight excluding hydrogens is 346 g/mol. The first-order valence-corrected chi connectivity index (χ1v) is 11.2. The Bertz CT molecular complexity index is 545. The highest BCUT2D eigenvalue weighted by atomic mass is 32.2. The first-order valence-electron chi connectivity index (χ1n) is 10.0. The molecule has 3 aliphatic rings. The molecule has 5 heteroatoms. The highest BCUT2D eigenvalue weighted by molar-refractivity contribution is 7.99. The van der Waals surface area contributed by atoms with E-state index in [0.717, 1.165) is 25.0 Å². The number of hydrogen-bond acceptors (Lipinski definition) is 5. The maximum atomic E-state index is 11.6. The van der Waals surface area contributed by atoms with Gasteiger partial charge in [-0.25, -0.2) is 0 Å². The van der Waals surface area contributed by atoms with Gasteiger partial charge in [-0.15, -0.1) is 0 Å². The molecule has 147 valence electrons. The molecule has 1 unspecified atom stereocenters. The summed E-state index contributed by atoms with van der Waals surface area (Å²) in [6, 6.07) is 0. The van der Waals surface area contributed by atoms with Gasteiger partial charge in [0.15, 0.2) is 0 Å². The van der Waals surface area contributed by atoms with E-state index < -0.39 is 11.7 Å². The molecule has 2 aliphatic carbocycles. The lowest BCUT2D eigenvalue weighted by atomic mass is 9.57. The Kier molecular flexibility index (Phi) is 6.41. The van der Waals surface area contributed by atoms with Crippen LogP contribution in [0, 0.1) is 30.1 Å². The molecule has 0 aromatic carbocycles. The van der Waals surface area contributed by atoms with Gasteiger partial charge in [0.05, 0.1) is 5.60 Å². The highest BCUT2D eigenvalue weighted by Gasteiger charge is 2.53. The summed E-state index contributed by atoms with van der Waals surface area (Å²) < 4.78 is 5.45.